The Morgan fingerprint density at radius 1 is 1.63 bits per heavy atom. The third-order valence-electron chi connectivity index (χ3n) is 3.57. The average Bonchev–Trinajstić information content (AvgIpc) is 3.01. The Kier molecular flexibility index (Phi) is 3.25. The van der Waals surface area contributed by atoms with Crippen molar-refractivity contribution >= 4 is 11.6 Å². The van der Waals surface area contributed by atoms with E-state index in [1.54, 1.807) is 23.1 Å². The number of morpholine rings is 1. The van der Waals surface area contributed by atoms with Crippen LogP contribution in [-0.2, 0) is 4.74 Å². The van der Waals surface area contributed by atoms with Crippen molar-refractivity contribution in [2.24, 2.45) is 0 Å². The third-order valence-corrected chi connectivity index (χ3v) is 3.57. The number of hydrogen-bond acceptors (Lipinski definition) is 3. The smallest absolute Gasteiger partial charge is 0.259 e. The number of aromatic nitrogens is 3. The first-order chi connectivity index (χ1) is 9.31. The quantitative estimate of drug-likeness (QED) is 0.907. The first kappa shape index (κ1) is 12.2. The summed E-state index contributed by atoms with van der Waals surface area (Å²) in [6.07, 6.45) is 7.23. The summed E-state index contributed by atoms with van der Waals surface area (Å²) in [4.78, 5) is 18.8. The van der Waals surface area contributed by atoms with E-state index in [0.717, 1.165) is 12.8 Å². The molecule has 0 aromatic carbocycles. The Hall–Kier alpha value is -1.82. The molecule has 2 aromatic rings. The highest BCUT2D eigenvalue weighted by molar-refractivity contribution is 5.99. The number of amides is 1. The standard InChI is InChI=1S/C13H18N4O2/c1-2-3-10-9-19-7-6-16(10)13(18)11-8-15-17-5-4-14-12(11)17/h4-5,8,10,15H,2-3,6-7,9H2,1H3. The lowest BCUT2D eigenvalue weighted by atomic mass is 10.1. The van der Waals surface area contributed by atoms with Crippen molar-refractivity contribution < 1.29 is 9.53 Å². The van der Waals surface area contributed by atoms with Gasteiger partial charge in [-0.2, -0.15) is 0 Å². The number of H-pyrrole nitrogens is 1. The highest BCUT2D eigenvalue weighted by atomic mass is 16.5. The van der Waals surface area contributed by atoms with Gasteiger partial charge >= 0.3 is 0 Å². The zero-order chi connectivity index (χ0) is 13.2. The van der Waals surface area contributed by atoms with E-state index in [2.05, 4.69) is 17.0 Å². The van der Waals surface area contributed by atoms with Gasteiger partial charge < -0.3 is 9.64 Å². The second kappa shape index (κ2) is 5.05. The molecule has 1 amide bonds. The summed E-state index contributed by atoms with van der Waals surface area (Å²) in [6.45, 7) is 4.03. The fraction of sp³-hybridized carbons (Fsp3) is 0.538. The minimum Gasteiger partial charge on any atom is -0.377 e. The Balaban J connectivity index is 1.87. The van der Waals surface area contributed by atoms with Crippen molar-refractivity contribution in [1.82, 2.24) is 19.5 Å². The minimum atomic E-state index is 0.0409. The summed E-state index contributed by atoms with van der Waals surface area (Å²) >= 11 is 0. The molecule has 19 heavy (non-hydrogen) atoms. The predicted molar refractivity (Wildman–Crippen MR) is 70.1 cm³/mol. The molecular weight excluding hydrogens is 244 g/mol. The second-order valence-electron chi connectivity index (χ2n) is 4.82. The van der Waals surface area contributed by atoms with E-state index < -0.39 is 0 Å². The molecule has 1 fully saturated rings. The molecule has 3 rings (SSSR count). The summed E-state index contributed by atoms with van der Waals surface area (Å²) in [5.74, 6) is 0.0409. The minimum absolute atomic E-state index is 0.0409. The highest BCUT2D eigenvalue weighted by Crippen LogP contribution is 2.18. The van der Waals surface area contributed by atoms with Crippen LogP contribution < -0.4 is 0 Å². The molecule has 6 nitrogen and oxygen atoms in total. The van der Waals surface area contributed by atoms with Gasteiger partial charge in [-0.1, -0.05) is 13.3 Å². The predicted octanol–water partition coefficient (Wildman–Crippen LogP) is 1.30. The maximum atomic E-state index is 12.7. The maximum absolute atomic E-state index is 12.7. The molecule has 0 bridgehead atoms. The van der Waals surface area contributed by atoms with Crippen LogP contribution in [0, 0.1) is 0 Å². The van der Waals surface area contributed by atoms with Gasteiger partial charge in [-0.3, -0.25) is 9.89 Å². The van der Waals surface area contributed by atoms with Crippen LogP contribution in [0.25, 0.3) is 5.65 Å². The van der Waals surface area contributed by atoms with Gasteiger partial charge in [0.15, 0.2) is 5.65 Å². The lowest BCUT2D eigenvalue weighted by molar-refractivity contribution is -0.00424. The summed E-state index contributed by atoms with van der Waals surface area (Å²) in [5, 5.41) is 3.01. The fourth-order valence-corrected chi connectivity index (χ4v) is 2.61. The van der Waals surface area contributed by atoms with Crippen molar-refractivity contribution in [3.8, 4) is 0 Å². The SMILES string of the molecule is CCCC1COCCN1C(=O)c1c[nH]n2ccnc12. The van der Waals surface area contributed by atoms with Crippen LogP contribution in [0.3, 0.4) is 0 Å². The van der Waals surface area contributed by atoms with E-state index in [4.69, 9.17) is 4.74 Å². The summed E-state index contributed by atoms with van der Waals surface area (Å²) in [5.41, 5.74) is 1.32. The van der Waals surface area contributed by atoms with Gasteiger partial charge in [0.2, 0.25) is 0 Å². The van der Waals surface area contributed by atoms with E-state index in [0.29, 0.717) is 31.0 Å². The molecule has 1 atom stereocenters. The molecule has 1 aliphatic rings. The molecule has 6 heteroatoms. The molecule has 0 saturated carbocycles. The first-order valence-electron chi connectivity index (χ1n) is 6.70. The number of aromatic amines is 1. The molecule has 3 heterocycles. The van der Waals surface area contributed by atoms with Crippen molar-refractivity contribution in [2.75, 3.05) is 19.8 Å². The van der Waals surface area contributed by atoms with Gasteiger partial charge in [-0.25, -0.2) is 9.50 Å². The van der Waals surface area contributed by atoms with Crippen molar-refractivity contribution in [2.45, 2.75) is 25.8 Å². The molecule has 0 radical (unpaired) electrons. The van der Waals surface area contributed by atoms with Gasteiger partial charge in [0.1, 0.15) is 5.56 Å². The number of carbonyl (C=O) groups is 1. The Morgan fingerprint density at radius 3 is 3.37 bits per heavy atom. The highest BCUT2D eigenvalue weighted by Gasteiger charge is 2.29. The molecule has 0 spiro atoms. The van der Waals surface area contributed by atoms with Crippen molar-refractivity contribution in [3.63, 3.8) is 0 Å². The number of hydrogen-bond donors (Lipinski definition) is 1. The molecule has 102 valence electrons. The molecule has 1 N–H and O–H groups in total. The van der Waals surface area contributed by atoms with Crippen LogP contribution in [0.4, 0.5) is 0 Å². The van der Waals surface area contributed by atoms with Gasteiger partial charge in [-0.05, 0) is 6.42 Å². The Morgan fingerprint density at radius 2 is 2.53 bits per heavy atom. The Bertz CT molecular complexity index is 572. The summed E-state index contributed by atoms with van der Waals surface area (Å²) in [6, 6.07) is 0.177. The number of carbonyl (C=O) groups excluding carboxylic acids is 1. The Labute approximate surface area is 111 Å². The summed E-state index contributed by atoms with van der Waals surface area (Å²) < 4.78 is 7.23. The topological polar surface area (TPSA) is 62.6 Å². The van der Waals surface area contributed by atoms with Crippen LogP contribution in [0.2, 0.25) is 0 Å². The summed E-state index contributed by atoms with van der Waals surface area (Å²) in [7, 11) is 0. The van der Waals surface area contributed by atoms with E-state index in [1.165, 1.54) is 0 Å². The molecule has 2 aromatic heterocycles. The number of ether oxygens (including phenoxy) is 1. The normalized spacial score (nSPS) is 20.1. The molecular formula is C13H18N4O2. The third kappa shape index (κ3) is 2.12. The van der Waals surface area contributed by atoms with Gasteiger partial charge in [0, 0.05) is 25.1 Å². The lowest BCUT2D eigenvalue weighted by Gasteiger charge is -2.35. The first-order valence-corrected chi connectivity index (χ1v) is 6.70. The van der Waals surface area contributed by atoms with Crippen molar-refractivity contribution in [1.29, 1.82) is 0 Å². The van der Waals surface area contributed by atoms with Crippen LogP contribution >= 0.6 is 0 Å². The monoisotopic (exact) mass is 262 g/mol. The largest absolute Gasteiger partial charge is 0.377 e. The lowest BCUT2D eigenvalue weighted by Crippen LogP contribution is -2.48. The van der Waals surface area contributed by atoms with E-state index in [9.17, 15) is 4.79 Å². The molecule has 0 aliphatic carbocycles. The second-order valence-corrected chi connectivity index (χ2v) is 4.82. The van der Waals surface area contributed by atoms with E-state index in [1.807, 2.05) is 4.90 Å². The van der Waals surface area contributed by atoms with E-state index in [-0.39, 0.29) is 11.9 Å². The van der Waals surface area contributed by atoms with Gasteiger partial charge in [-0.15, -0.1) is 0 Å². The number of nitrogens with zero attached hydrogens (tertiary/aromatic N) is 3. The van der Waals surface area contributed by atoms with Crippen molar-refractivity contribution in [3.05, 3.63) is 24.2 Å². The zero-order valence-corrected chi connectivity index (χ0v) is 11.0. The molecule has 1 saturated heterocycles. The number of imidazole rings is 1. The fourth-order valence-electron chi connectivity index (χ4n) is 2.61. The average molecular weight is 262 g/mol. The van der Waals surface area contributed by atoms with Gasteiger partial charge in [0.05, 0.1) is 19.3 Å². The number of fused-ring (bicyclic) bond motifs is 1. The maximum Gasteiger partial charge on any atom is 0.259 e. The molecule has 1 unspecified atom stereocenters. The van der Waals surface area contributed by atoms with Crippen LogP contribution in [0.5, 0.6) is 0 Å². The van der Waals surface area contributed by atoms with Crippen LogP contribution in [-0.4, -0.2) is 51.2 Å². The molecule has 1 aliphatic heterocycles. The zero-order valence-electron chi connectivity index (χ0n) is 11.0. The number of rotatable bonds is 3. The van der Waals surface area contributed by atoms with E-state index >= 15 is 0 Å². The van der Waals surface area contributed by atoms with Crippen LogP contribution in [0.1, 0.15) is 30.1 Å². The van der Waals surface area contributed by atoms with Crippen LogP contribution in [0.15, 0.2) is 18.6 Å². The van der Waals surface area contributed by atoms with Gasteiger partial charge in [0.25, 0.3) is 5.91 Å². The number of nitrogens with one attached hydrogen (secondary N) is 1.